The van der Waals surface area contributed by atoms with Crippen molar-refractivity contribution in [3.8, 4) is 0 Å². The lowest BCUT2D eigenvalue weighted by Gasteiger charge is -2.18. The maximum atomic E-state index is 9.35. The van der Waals surface area contributed by atoms with Gasteiger partial charge in [0, 0.05) is 4.90 Å². The number of hydrogen-bond donors (Lipinski definition) is 2. The minimum absolute atomic E-state index is 0.0540. The smallest absolute Gasteiger partial charge is 0.0626 e. The molecule has 0 aliphatic rings. The van der Waals surface area contributed by atoms with E-state index >= 15 is 0 Å². The Morgan fingerprint density at radius 2 is 1.88 bits per heavy atom. The standard InChI is InChI=1S/C13H21NOS/c1-10(2)8-14-13(9-15)11-4-6-12(16-3)7-5-11/h4-7,10,13-15H,8-9H2,1-3H3. The van der Waals surface area contributed by atoms with Crippen LogP contribution in [0.5, 0.6) is 0 Å². The van der Waals surface area contributed by atoms with Crippen LogP contribution in [0.1, 0.15) is 25.5 Å². The van der Waals surface area contributed by atoms with Crippen molar-refractivity contribution in [2.24, 2.45) is 5.92 Å². The fraction of sp³-hybridized carbons (Fsp3) is 0.538. The monoisotopic (exact) mass is 239 g/mol. The summed E-state index contributed by atoms with van der Waals surface area (Å²) in [7, 11) is 0. The van der Waals surface area contributed by atoms with Gasteiger partial charge in [-0.2, -0.15) is 0 Å². The van der Waals surface area contributed by atoms with Crippen LogP contribution in [0.3, 0.4) is 0 Å². The third-order valence-corrected chi connectivity index (χ3v) is 3.22. The average molecular weight is 239 g/mol. The Morgan fingerprint density at radius 3 is 2.31 bits per heavy atom. The number of nitrogens with one attached hydrogen (secondary N) is 1. The summed E-state index contributed by atoms with van der Waals surface area (Å²) in [5.41, 5.74) is 1.15. The first-order valence-electron chi connectivity index (χ1n) is 5.65. The van der Waals surface area contributed by atoms with Crippen molar-refractivity contribution in [1.82, 2.24) is 5.32 Å². The summed E-state index contributed by atoms with van der Waals surface area (Å²) in [4.78, 5) is 1.25. The van der Waals surface area contributed by atoms with E-state index in [1.807, 2.05) is 0 Å². The molecule has 0 saturated carbocycles. The van der Waals surface area contributed by atoms with Crippen LogP contribution < -0.4 is 5.32 Å². The SMILES string of the molecule is CSc1ccc(C(CO)NCC(C)C)cc1. The van der Waals surface area contributed by atoms with E-state index in [-0.39, 0.29) is 12.6 Å². The van der Waals surface area contributed by atoms with E-state index in [0.717, 1.165) is 12.1 Å². The molecule has 0 amide bonds. The number of aliphatic hydroxyl groups is 1. The average Bonchev–Trinajstić information content (AvgIpc) is 2.30. The van der Waals surface area contributed by atoms with Crippen molar-refractivity contribution in [1.29, 1.82) is 0 Å². The van der Waals surface area contributed by atoms with Gasteiger partial charge in [-0.05, 0) is 36.4 Å². The van der Waals surface area contributed by atoms with E-state index in [1.165, 1.54) is 4.90 Å². The summed E-state index contributed by atoms with van der Waals surface area (Å²) >= 11 is 1.73. The molecule has 0 heterocycles. The fourth-order valence-electron chi connectivity index (χ4n) is 1.50. The fourth-order valence-corrected chi connectivity index (χ4v) is 1.91. The van der Waals surface area contributed by atoms with Crippen molar-refractivity contribution in [2.75, 3.05) is 19.4 Å². The minimum Gasteiger partial charge on any atom is -0.394 e. The van der Waals surface area contributed by atoms with Crippen LogP contribution in [0.2, 0.25) is 0 Å². The van der Waals surface area contributed by atoms with Crippen LogP contribution >= 0.6 is 11.8 Å². The van der Waals surface area contributed by atoms with Crippen molar-refractivity contribution in [2.45, 2.75) is 24.8 Å². The van der Waals surface area contributed by atoms with Crippen LogP contribution in [-0.2, 0) is 0 Å². The summed E-state index contributed by atoms with van der Waals surface area (Å²) in [6.07, 6.45) is 2.07. The molecular formula is C13H21NOS. The molecule has 0 aromatic heterocycles. The van der Waals surface area contributed by atoms with E-state index in [0.29, 0.717) is 5.92 Å². The van der Waals surface area contributed by atoms with Gasteiger partial charge in [0.1, 0.15) is 0 Å². The quantitative estimate of drug-likeness (QED) is 0.749. The van der Waals surface area contributed by atoms with Gasteiger partial charge in [-0.1, -0.05) is 26.0 Å². The number of benzene rings is 1. The maximum absolute atomic E-state index is 9.35. The Morgan fingerprint density at radius 1 is 1.25 bits per heavy atom. The van der Waals surface area contributed by atoms with Gasteiger partial charge in [-0.3, -0.25) is 0 Å². The van der Waals surface area contributed by atoms with Crippen molar-refractivity contribution < 1.29 is 5.11 Å². The zero-order chi connectivity index (χ0) is 12.0. The van der Waals surface area contributed by atoms with Crippen LogP contribution in [0.15, 0.2) is 29.2 Å². The van der Waals surface area contributed by atoms with Crippen LogP contribution in [-0.4, -0.2) is 24.5 Å². The molecule has 0 radical (unpaired) electrons. The summed E-state index contributed by atoms with van der Waals surface area (Å²) in [6.45, 7) is 5.40. The van der Waals surface area contributed by atoms with E-state index in [9.17, 15) is 5.11 Å². The van der Waals surface area contributed by atoms with Gasteiger partial charge in [0.2, 0.25) is 0 Å². The number of rotatable bonds is 6. The largest absolute Gasteiger partial charge is 0.394 e. The third-order valence-electron chi connectivity index (χ3n) is 2.47. The molecule has 2 N–H and O–H groups in total. The lowest BCUT2D eigenvalue weighted by Crippen LogP contribution is -2.27. The van der Waals surface area contributed by atoms with Crippen molar-refractivity contribution in [3.63, 3.8) is 0 Å². The molecule has 3 heteroatoms. The summed E-state index contributed by atoms with van der Waals surface area (Å²) < 4.78 is 0. The zero-order valence-electron chi connectivity index (χ0n) is 10.2. The molecule has 0 aliphatic heterocycles. The first-order valence-corrected chi connectivity index (χ1v) is 6.88. The molecule has 1 unspecified atom stereocenters. The molecule has 0 aliphatic carbocycles. The normalized spacial score (nSPS) is 13.1. The van der Waals surface area contributed by atoms with Gasteiger partial charge in [-0.15, -0.1) is 11.8 Å². The maximum Gasteiger partial charge on any atom is 0.0626 e. The van der Waals surface area contributed by atoms with Gasteiger partial charge in [0.05, 0.1) is 12.6 Å². The van der Waals surface area contributed by atoms with E-state index in [2.05, 4.69) is 49.7 Å². The lowest BCUT2D eigenvalue weighted by molar-refractivity contribution is 0.241. The predicted octanol–water partition coefficient (Wildman–Crippen LogP) is 2.69. The van der Waals surface area contributed by atoms with Crippen LogP contribution in [0.4, 0.5) is 0 Å². The lowest BCUT2D eigenvalue weighted by atomic mass is 10.1. The second-order valence-electron chi connectivity index (χ2n) is 4.31. The minimum atomic E-state index is 0.0540. The van der Waals surface area contributed by atoms with Crippen LogP contribution in [0, 0.1) is 5.92 Å². The molecule has 0 fully saturated rings. The van der Waals surface area contributed by atoms with E-state index in [4.69, 9.17) is 0 Å². The highest BCUT2D eigenvalue weighted by Crippen LogP contribution is 2.19. The van der Waals surface area contributed by atoms with Crippen molar-refractivity contribution >= 4 is 11.8 Å². The Labute approximate surface area is 102 Å². The third kappa shape index (κ3) is 4.16. The molecule has 1 atom stereocenters. The summed E-state index contributed by atoms with van der Waals surface area (Å²) in [5.74, 6) is 0.597. The van der Waals surface area contributed by atoms with Gasteiger partial charge in [0.25, 0.3) is 0 Å². The van der Waals surface area contributed by atoms with Crippen LogP contribution in [0.25, 0.3) is 0 Å². The van der Waals surface area contributed by atoms with E-state index < -0.39 is 0 Å². The molecule has 1 aromatic carbocycles. The Kier molecular flexibility index (Phi) is 5.88. The van der Waals surface area contributed by atoms with Crippen molar-refractivity contribution in [3.05, 3.63) is 29.8 Å². The number of hydrogen-bond acceptors (Lipinski definition) is 3. The molecule has 0 bridgehead atoms. The molecule has 1 aromatic rings. The zero-order valence-corrected chi connectivity index (χ0v) is 11.1. The molecule has 0 saturated heterocycles. The predicted molar refractivity (Wildman–Crippen MR) is 70.9 cm³/mol. The second-order valence-corrected chi connectivity index (χ2v) is 5.19. The summed E-state index contributed by atoms with van der Waals surface area (Å²) in [6, 6.07) is 8.41. The highest BCUT2D eigenvalue weighted by molar-refractivity contribution is 7.98. The molecule has 1 rings (SSSR count). The molecule has 0 spiro atoms. The van der Waals surface area contributed by atoms with Gasteiger partial charge < -0.3 is 10.4 Å². The Bertz CT molecular complexity index is 297. The molecule has 2 nitrogen and oxygen atoms in total. The highest BCUT2D eigenvalue weighted by Gasteiger charge is 2.09. The van der Waals surface area contributed by atoms with Gasteiger partial charge in [0.15, 0.2) is 0 Å². The highest BCUT2D eigenvalue weighted by atomic mass is 32.2. The topological polar surface area (TPSA) is 32.3 Å². The molecule has 90 valence electrons. The first kappa shape index (κ1) is 13.6. The molecular weight excluding hydrogens is 218 g/mol. The van der Waals surface area contributed by atoms with Gasteiger partial charge in [-0.25, -0.2) is 0 Å². The Hall–Kier alpha value is -0.510. The summed E-state index contributed by atoms with van der Waals surface area (Å²) in [5, 5.41) is 12.7. The van der Waals surface area contributed by atoms with Gasteiger partial charge >= 0.3 is 0 Å². The second kappa shape index (κ2) is 6.94. The first-order chi connectivity index (χ1) is 7.67. The number of thioether (sulfide) groups is 1. The van der Waals surface area contributed by atoms with E-state index in [1.54, 1.807) is 11.8 Å². The molecule has 16 heavy (non-hydrogen) atoms. The Balaban J connectivity index is 2.63. The number of aliphatic hydroxyl groups excluding tert-OH is 1.